The van der Waals surface area contributed by atoms with Crippen LogP contribution in [-0.2, 0) is 14.3 Å². The Balaban J connectivity index is 1.91. The summed E-state index contributed by atoms with van der Waals surface area (Å²) in [6, 6.07) is 2.73. The van der Waals surface area contributed by atoms with Gasteiger partial charge in [0, 0.05) is 24.0 Å². The van der Waals surface area contributed by atoms with E-state index in [4.69, 9.17) is 39.4 Å². The molecule has 0 aromatic heterocycles. The Labute approximate surface area is 148 Å². The van der Waals surface area contributed by atoms with Crippen LogP contribution in [0.5, 0.6) is 0 Å². The van der Waals surface area contributed by atoms with Crippen LogP contribution in [0, 0.1) is 5.92 Å². The van der Waals surface area contributed by atoms with Crippen LogP contribution in [0.3, 0.4) is 0 Å². The minimum atomic E-state index is -0.780. The number of primary amides is 1. The zero-order valence-corrected chi connectivity index (χ0v) is 14.3. The van der Waals surface area contributed by atoms with Crippen molar-refractivity contribution >= 4 is 46.7 Å². The number of carbonyl (C=O) groups is 3. The molecule has 130 valence electrons. The molecule has 0 bridgehead atoms. The molecule has 1 aromatic carbocycles. The van der Waals surface area contributed by atoms with Crippen LogP contribution in [0.1, 0.15) is 23.2 Å². The van der Waals surface area contributed by atoms with Crippen molar-refractivity contribution in [1.82, 2.24) is 4.90 Å². The lowest BCUT2D eigenvalue weighted by Gasteiger charge is -2.30. The Kier molecular flexibility index (Phi) is 5.90. The number of likely N-dealkylation sites (tertiary alicyclic amines) is 1. The van der Waals surface area contributed by atoms with Crippen molar-refractivity contribution in [3.63, 3.8) is 0 Å². The van der Waals surface area contributed by atoms with Gasteiger partial charge >= 0.3 is 5.97 Å². The zero-order chi connectivity index (χ0) is 17.9. The second-order valence-corrected chi connectivity index (χ2v) is 6.33. The number of amides is 2. The highest BCUT2D eigenvalue weighted by Gasteiger charge is 2.26. The van der Waals surface area contributed by atoms with E-state index in [0.29, 0.717) is 25.9 Å². The van der Waals surface area contributed by atoms with Gasteiger partial charge in [-0.3, -0.25) is 9.59 Å². The number of nitrogens with two attached hydrogens (primary N) is 2. The van der Waals surface area contributed by atoms with Crippen LogP contribution >= 0.6 is 23.2 Å². The summed E-state index contributed by atoms with van der Waals surface area (Å²) in [7, 11) is 0. The predicted octanol–water partition coefficient (Wildman–Crippen LogP) is 1.46. The van der Waals surface area contributed by atoms with Crippen molar-refractivity contribution in [2.24, 2.45) is 11.7 Å². The highest BCUT2D eigenvalue weighted by Crippen LogP contribution is 2.28. The number of piperidine rings is 1. The second-order valence-electron chi connectivity index (χ2n) is 5.48. The summed E-state index contributed by atoms with van der Waals surface area (Å²) in [5, 5.41) is 0.371. The van der Waals surface area contributed by atoms with Gasteiger partial charge in [0.2, 0.25) is 5.91 Å². The average Bonchev–Trinajstić information content (AvgIpc) is 2.55. The van der Waals surface area contributed by atoms with Crippen molar-refractivity contribution in [3.05, 3.63) is 27.7 Å². The molecule has 2 amide bonds. The normalized spacial score (nSPS) is 15.2. The van der Waals surface area contributed by atoms with Crippen LogP contribution in [0.2, 0.25) is 10.0 Å². The van der Waals surface area contributed by atoms with Crippen molar-refractivity contribution in [2.75, 3.05) is 25.4 Å². The maximum absolute atomic E-state index is 12.1. The number of hydrogen-bond donors (Lipinski definition) is 2. The lowest BCUT2D eigenvalue weighted by atomic mass is 9.96. The predicted molar refractivity (Wildman–Crippen MR) is 89.7 cm³/mol. The first-order valence-electron chi connectivity index (χ1n) is 7.28. The highest BCUT2D eigenvalue weighted by atomic mass is 35.5. The van der Waals surface area contributed by atoms with Gasteiger partial charge in [-0.25, -0.2) is 4.79 Å². The summed E-state index contributed by atoms with van der Waals surface area (Å²) in [6.07, 6.45) is 1.01. The van der Waals surface area contributed by atoms with Crippen molar-refractivity contribution < 1.29 is 19.1 Å². The first kappa shape index (κ1) is 18.4. The molecule has 1 fully saturated rings. The van der Waals surface area contributed by atoms with Crippen molar-refractivity contribution in [1.29, 1.82) is 0 Å². The van der Waals surface area contributed by atoms with E-state index >= 15 is 0 Å². The van der Waals surface area contributed by atoms with E-state index in [9.17, 15) is 14.4 Å². The fourth-order valence-corrected chi connectivity index (χ4v) is 2.96. The molecule has 0 spiro atoms. The summed E-state index contributed by atoms with van der Waals surface area (Å²) in [5.41, 5.74) is 11.0. The lowest BCUT2D eigenvalue weighted by molar-refractivity contribution is -0.137. The number of ether oxygens (including phenoxy) is 1. The molecule has 4 N–H and O–H groups in total. The molecule has 2 rings (SSSR count). The number of carbonyl (C=O) groups excluding carboxylic acids is 3. The maximum atomic E-state index is 12.1. The van der Waals surface area contributed by atoms with E-state index < -0.39 is 12.6 Å². The zero-order valence-electron chi connectivity index (χ0n) is 12.8. The molecule has 0 saturated carbocycles. The molecule has 9 heteroatoms. The second kappa shape index (κ2) is 7.72. The van der Waals surface area contributed by atoms with Crippen LogP contribution in [-0.4, -0.2) is 42.4 Å². The molecule has 1 aromatic rings. The molecule has 1 aliphatic rings. The number of hydrogen-bond acceptors (Lipinski definition) is 5. The molecule has 1 heterocycles. The molecule has 1 saturated heterocycles. The Bertz CT molecular complexity index is 673. The number of nitrogen functional groups attached to an aromatic ring is 1. The molecule has 0 unspecified atom stereocenters. The smallest absolute Gasteiger partial charge is 0.340 e. The van der Waals surface area contributed by atoms with Gasteiger partial charge in [-0.2, -0.15) is 0 Å². The summed E-state index contributed by atoms with van der Waals surface area (Å²) in [5.74, 6) is -1.71. The van der Waals surface area contributed by atoms with Gasteiger partial charge in [0.05, 0.1) is 16.3 Å². The third kappa shape index (κ3) is 4.30. The Morgan fingerprint density at radius 1 is 1.21 bits per heavy atom. The van der Waals surface area contributed by atoms with E-state index in [1.807, 2.05) is 0 Å². The van der Waals surface area contributed by atoms with Crippen LogP contribution in [0.15, 0.2) is 12.1 Å². The molecular weight excluding hydrogens is 357 g/mol. The fraction of sp³-hybridized carbons (Fsp3) is 0.400. The van der Waals surface area contributed by atoms with E-state index in [0.717, 1.165) is 0 Å². The van der Waals surface area contributed by atoms with Gasteiger partial charge in [0.15, 0.2) is 6.61 Å². The van der Waals surface area contributed by atoms with Crippen LogP contribution in [0.25, 0.3) is 0 Å². The van der Waals surface area contributed by atoms with Crippen molar-refractivity contribution in [2.45, 2.75) is 12.8 Å². The third-order valence-electron chi connectivity index (χ3n) is 3.89. The Hall–Kier alpha value is -1.99. The number of halogens is 2. The minimum Gasteiger partial charge on any atom is -0.452 e. The van der Waals surface area contributed by atoms with Gasteiger partial charge in [0.1, 0.15) is 0 Å². The Morgan fingerprint density at radius 3 is 2.42 bits per heavy atom. The third-order valence-corrected chi connectivity index (χ3v) is 4.42. The summed E-state index contributed by atoms with van der Waals surface area (Å²) >= 11 is 11.7. The number of esters is 1. The summed E-state index contributed by atoms with van der Waals surface area (Å²) < 4.78 is 4.99. The van der Waals surface area contributed by atoms with Crippen LogP contribution in [0.4, 0.5) is 5.69 Å². The SMILES string of the molecule is NC(=O)C1CCN(C(=O)COC(=O)c2cc(Cl)cc(Cl)c2N)CC1. The van der Waals surface area contributed by atoms with Gasteiger partial charge in [-0.1, -0.05) is 23.2 Å². The first-order valence-corrected chi connectivity index (χ1v) is 8.04. The van der Waals surface area contributed by atoms with Gasteiger partial charge in [-0.15, -0.1) is 0 Å². The number of rotatable bonds is 4. The maximum Gasteiger partial charge on any atom is 0.340 e. The van der Waals surface area contributed by atoms with Gasteiger partial charge in [-0.05, 0) is 25.0 Å². The monoisotopic (exact) mass is 373 g/mol. The van der Waals surface area contributed by atoms with E-state index in [1.54, 1.807) is 0 Å². The van der Waals surface area contributed by atoms with Gasteiger partial charge < -0.3 is 21.1 Å². The Morgan fingerprint density at radius 2 is 1.83 bits per heavy atom. The highest BCUT2D eigenvalue weighted by molar-refractivity contribution is 6.37. The average molecular weight is 374 g/mol. The number of anilines is 1. The molecule has 1 aliphatic heterocycles. The minimum absolute atomic E-state index is 0.00716. The van der Waals surface area contributed by atoms with Gasteiger partial charge in [0.25, 0.3) is 5.91 Å². The molecule has 0 radical (unpaired) electrons. The number of benzene rings is 1. The summed E-state index contributed by atoms with van der Waals surface area (Å²) in [6.45, 7) is 0.369. The number of nitrogens with zero attached hydrogens (tertiary/aromatic N) is 1. The lowest BCUT2D eigenvalue weighted by Crippen LogP contribution is -2.43. The van der Waals surface area contributed by atoms with Crippen LogP contribution < -0.4 is 11.5 Å². The topological polar surface area (TPSA) is 116 Å². The standard InChI is InChI=1S/C15H17Cl2N3O4/c16-9-5-10(13(18)11(17)6-9)15(23)24-7-12(21)20-3-1-8(2-4-20)14(19)22/h5-6,8H,1-4,7,18H2,(H2,19,22). The van der Waals surface area contributed by atoms with E-state index in [-0.39, 0.29) is 39.0 Å². The molecular formula is C15H17Cl2N3O4. The molecule has 0 atom stereocenters. The van der Waals surface area contributed by atoms with E-state index in [1.165, 1.54) is 17.0 Å². The summed E-state index contributed by atoms with van der Waals surface area (Å²) in [4.78, 5) is 36.8. The first-order chi connectivity index (χ1) is 11.3. The molecule has 7 nitrogen and oxygen atoms in total. The largest absolute Gasteiger partial charge is 0.452 e. The molecule has 24 heavy (non-hydrogen) atoms. The molecule has 0 aliphatic carbocycles. The fourth-order valence-electron chi connectivity index (χ4n) is 2.46. The van der Waals surface area contributed by atoms with E-state index in [2.05, 4.69) is 0 Å². The quantitative estimate of drug-likeness (QED) is 0.611. The van der Waals surface area contributed by atoms with Crippen molar-refractivity contribution in [3.8, 4) is 0 Å².